The van der Waals surface area contributed by atoms with Gasteiger partial charge in [0.1, 0.15) is 5.69 Å². The Kier molecular flexibility index (Phi) is 5.41. The second-order valence-electron chi connectivity index (χ2n) is 7.25. The Labute approximate surface area is 168 Å². The molecule has 1 atom stereocenters. The van der Waals surface area contributed by atoms with E-state index in [-0.39, 0.29) is 18.4 Å². The Morgan fingerprint density at radius 1 is 1.24 bits per heavy atom. The number of aryl methyl sites for hydroxylation is 1. The van der Waals surface area contributed by atoms with Gasteiger partial charge in [0, 0.05) is 31.6 Å². The molecule has 150 valence electrons. The lowest BCUT2D eigenvalue weighted by Gasteiger charge is -2.24. The lowest BCUT2D eigenvalue weighted by molar-refractivity contribution is -0.119. The van der Waals surface area contributed by atoms with Crippen molar-refractivity contribution >= 4 is 11.8 Å². The minimum atomic E-state index is -0.191. The molecule has 0 saturated carbocycles. The number of aromatic nitrogens is 3. The van der Waals surface area contributed by atoms with Crippen molar-refractivity contribution in [2.45, 2.75) is 32.9 Å². The van der Waals surface area contributed by atoms with Crippen LogP contribution in [0, 0.1) is 5.92 Å². The third kappa shape index (κ3) is 4.37. The Morgan fingerprint density at radius 2 is 2.07 bits per heavy atom. The fourth-order valence-electron chi connectivity index (χ4n) is 3.55. The van der Waals surface area contributed by atoms with E-state index in [1.54, 1.807) is 6.20 Å². The second-order valence-corrected chi connectivity index (χ2v) is 7.25. The van der Waals surface area contributed by atoms with E-state index < -0.39 is 0 Å². The number of fused-ring (bicyclic) bond motifs is 1. The van der Waals surface area contributed by atoms with Gasteiger partial charge in [-0.1, -0.05) is 35.5 Å². The number of carbonyl (C=O) groups is 2. The van der Waals surface area contributed by atoms with Crippen molar-refractivity contribution in [2.24, 2.45) is 5.92 Å². The maximum absolute atomic E-state index is 12.7. The van der Waals surface area contributed by atoms with Gasteiger partial charge in [0.2, 0.25) is 5.91 Å². The average molecular weight is 393 g/mol. The highest BCUT2D eigenvalue weighted by Crippen LogP contribution is 2.23. The average Bonchev–Trinajstić information content (AvgIpc) is 3.38. The van der Waals surface area contributed by atoms with Crippen molar-refractivity contribution in [3.8, 4) is 11.3 Å². The quantitative estimate of drug-likeness (QED) is 0.668. The third-order valence-electron chi connectivity index (χ3n) is 5.12. The molecule has 2 amide bonds. The van der Waals surface area contributed by atoms with Gasteiger partial charge in [-0.3, -0.25) is 14.3 Å². The molecule has 0 saturated heterocycles. The summed E-state index contributed by atoms with van der Waals surface area (Å²) < 4.78 is 7.22. The molecule has 8 heteroatoms. The summed E-state index contributed by atoms with van der Waals surface area (Å²) in [5, 5.41) is 14.2. The summed E-state index contributed by atoms with van der Waals surface area (Å²) in [6.45, 7) is 3.12. The highest BCUT2D eigenvalue weighted by Gasteiger charge is 2.25. The van der Waals surface area contributed by atoms with Crippen molar-refractivity contribution in [3.05, 3.63) is 59.6 Å². The fourth-order valence-corrected chi connectivity index (χ4v) is 3.55. The molecule has 1 aromatic carbocycles. The molecule has 0 bridgehead atoms. The zero-order valence-corrected chi connectivity index (χ0v) is 16.2. The molecular weight excluding hydrogens is 370 g/mol. The molecule has 1 aliphatic rings. The van der Waals surface area contributed by atoms with Crippen molar-refractivity contribution in [1.82, 2.24) is 25.6 Å². The van der Waals surface area contributed by atoms with Gasteiger partial charge in [-0.05, 0) is 18.8 Å². The standard InChI is InChI=1S/C21H23N5O3/c1-14(27)22-11-15-7-8-26-20(9-15)18(13-24-26)21(28)23-12-17-10-19(25-29-17)16-5-3-2-4-6-16/h2-6,10,13,15H,7-9,11-12H2,1H3,(H,22,27)(H,23,28)/t15-/m1/s1. The fraction of sp³-hybridized carbons (Fsp3) is 0.333. The molecule has 0 radical (unpaired) electrons. The van der Waals surface area contributed by atoms with Crippen LogP contribution in [-0.2, 0) is 24.3 Å². The Balaban J connectivity index is 1.38. The molecule has 1 aliphatic heterocycles. The van der Waals surface area contributed by atoms with Gasteiger partial charge >= 0.3 is 0 Å². The summed E-state index contributed by atoms with van der Waals surface area (Å²) in [5.74, 6) is 0.659. The summed E-state index contributed by atoms with van der Waals surface area (Å²) in [6.07, 6.45) is 3.25. The first-order valence-electron chi connectivity index (χ1n) is 9.68. The second kappa shape index (κ2) is 8.30. The van der Waals surface area contributed by atoms with E-state index in [1.807, 2.05) is 41.1 Å². The van der Waals surface area contributed by atoms with Crippen LogP contribution in [0.3, 0.4) is 0 Å². The van der Waals surface area contributed by atoms with Gasteiger partial charge in [0.25, 0.3) is 5.91 Å². The lowest BCUT2D eigenvalue weighted by atomic mass is 9.94. The number of hydrogen-bond donors (Lipinski definition) is 2. The maximum atomic E-state index is 12.7. The first-order valence-corrected chi connectivity index (χ1v) is 9.68. The first-order chi connectivity index (χ1) is 14.1. The number of nitrogens with zero attached hydrogens (tertiary/aromatic N) is 3. The van der Waals surface area contributed by atoms with E-state index in [0.29, 0.717) is 30.2 Å². The third-order valence-corrected chi connectivity index (χ3v) is 5.12. The van der Waals surface area contributed by atoms with E-state index in [4.69, 9.17) is 4.52 Å². The molecule has 29 heavy (non-hydrogen) atoms. The number of rotatable bonds is 6. The topological polar surface area (TPSA) is 102 Å². The van der Waals surface area contributed by atoms with Crippen LogP contribution in [0.1, 0.15) is 35.2 Å². The maximum Gasteiger partial charge on any atom is 0.255 e. The van der Waals surface area contributed by atoms with E-state index >= 15 is 0 Å². The van der Waals surface area contributed by atoms with Crippen molar-refractivity contribution in [1.29, 1.82) is 0 Å². The van der Waals surface area contributed by atoms with Crippen LogP contribution in [0.2, 0.25) is 0 Å². The molecule has 8 nitrogen and oxygen atoms in total. The molecule has 4 rings (SSSR count). The predicted molar refractivity (Wildman–Crippen MR) is 106 cm³/mol. The van der Waals surface area contributed by atoms with Crippen LogP contribution in [0.5, 0.6) is 0 Å². The Hall–Kier alpha value is -3.42. The molecule has 0 aliphatic carbocycles. The van der Waals surface area contributed by atoms with Crippen LogP contribution in [-0.4, -0.2) is 33.3 Å². The smallest absolute Gasteiger partial charge is 0.255 e. The van der Waals surface area contributed by atoms with E-state index in [2.05, 4.69) is 20.9 Å². The van der Waals surface area contributed by atoms with Gasteiger partial charge in [-0.15, -0.1) is 0 Å². The molecule has 3 aromatic rings. The minimum absolute atomic E-state index is 0.0380. The van der Waals surface area contributed by atoms with Crippen molar-refractivity contribution in [2.75, 3.05) is 6.54 Å². The normalized spacial score (nSPS) is 15.6. The van der Waals surface area contributed by atoms with E-state index in [9.17, 15) is 9.59 Å². The molecular formula is C21H23N5O3. The number of hydrogen-bond acceptors (Lipinski definition) is 5. The zero-order chi connectivity index (χ0) is 20.2. The van der Waals surface area contributed by atoms with Gasteiger partial charge in [0.05, 0.1) is 24.0 Å². The summed E-state index contributed by atoms with van der Waals surface area (Å²) in [4.78, 5) is 23.9. The minimum Gasteiger partial charge on any atom is -0.359 e. The van der Waals surface area contributed by atoms with E-state index in [0.717, 1.165) is 29.9 Å². The number of nitrogens with one attached hydrogen (secondary N) is 2. The van der Waals surface area contributed by atoms with Gasteiger partial charge in [-0.25, -0.2) is 0 Å². The molecule has 2 N–H and O–H groups in total. The lowest BCUT2D eigenvalue weighted by Crippen LogP contribution is -2.33. The Bertz CT molecular complexity index is 1010. The van der Waals surface area contributed by atoms with Crippen molar-refractivity contribution in [3.63, 3.8) is 0 Å². The first kappa shape index (κ1) is 18.9. The molecule has 3 heterocycles. The van der Waals surface area contributed by atoms with Crippen LogP contribution in [0.15, 0.2) is 47.1 Å². The van der Waals surface area contributed by atoms with Crippen LogP contribution >= 0.6 is 0 Å². The number of benzene rings is 1. The molecule has 2 aromatic heterocycles. The molecule has 0 spiro atoms. The predicted octanol–water partition coefficient (Wildman–Crippen LogP) is 2.17. The largest absolute Gasteiger partial charge is 0.359 e. The van der Waals surface area contributed by atoms with Gasteiger partial charge in [-0.2, -0.15) is 5.10 Å². The highest BCUT2D eigenvalue weighted by atomic mass is 16.5. The summed E-state index contributed by atoms with van der Waals surface area (Å²) in [7, 11) is 0. The highest BCUT2D eigenvalue weighted by molar-refractivity contribution is 5.95. The van der Waals surface area contributed by atoms with Crippen molar-refractivity contribution < 1.29 is 14.1 Å². The monoisotopic (exact) mass is 393 g/mol. The number of carbonyl (C=O) groups excluding carboxylic acids is 2. The van der Waals surface area contributed by atoms with Crippen LogP contribution in [0.25, 0.3) is 11.3 Å². The molecule has 0 fully saturated rings. The number of amides is 2. The SMILES string of the molecule is CC(=O)NC[C@@H]1CCn2ncc(C(=O)NCc3cc(-c4ccccc4)no3)c2C1. The molecule has 0 unspecified atom stereocenters. The summed E-state index contributed by atoms with van der Waals surface area (Å²) in [5.41, 5.74) is 3.18. The summed E-state index contributed by atoms with van der Waals surface area (Å²) in [6, 6.07) is 11.6. The zero-order valence-electron chi connectivity index (χ0n) is 16.2. The van der Waals surface area contributed by atoms with Gasteiger partial charge < -0.3 is 15.2 Å². The van der Waals surface area contributed by atoms with Crippen LogP contribution in [0.4, 0.5) is 0 Å². The Morgan fingerprint density at radius 3 is 2.86 bits per heavy atom. The van der Waals surface area contributed by atoms with Gasteiger partial charge in [0.15, 0.2) is 5.76 Å². The van der Waals surface area contributed by atoms with Crippen LogP contribution < -0.4 is 10.6 Å². The summed E-state index contributed by atoms with van der Waals surface area (Å²) >= 11 is 0. The van der Waals surface area contributed by atoms with E-state index in [1.165, 1.54) is 6.92 Å².